The number of hydrogen-bond acceptors (Lipinski definition) is 4. The van der Waals surface area contributed by atoms with Crippen molar-refractivity contribution in [3.05, 3.63) is 22.3 Å². The van der Waals surface area contributed by atoms with E-state index in [-0.39, 0.29) is 17.3 Å². The third-order valence-corrected chi connectivity index (χ3v) is 3.93. The highest BCUT2D eigenvalue weighted by atomic mass is 35.5. The Kier molecular flexibility index (Phi) is 3.25. The molecular weight excluding hydrogens is 250 g/mol. The van der Waals surface area contributed by atoms with Crippen LogP contribution in [0.15, 0.2) is 11.1 Å². The van der Waals surface area contributed by atoms with Gasteiger partial charge in [-0.1, -0.05) is 11.6 Å². The highest BCUT2D eigenvalue weighted by Crippen LogP contribution is 2.26. The van der Waals surface area contributed by atoms with Crippen LogP contribution in [0.25, 0.3) is 0 Å². The van der Waals surface area contributed by atoms with Gasteiger partial charge in [-0.2, -0.15) is 0 Å². The smallest absolute Gasteiger partial charge is 0.341 e. The molecule has 1 aliphatic heterocycles. The van der Waals surface area contributed by atoms with E-state index in [4.69, 9.17) is 16.3 Å². The van der Waals surface area contributed by atoms with Crippen LogP contribution < -0.4 is 0 Å². The number of halogens is 1. The van der Waals surface area contributed by atoms with Crippen molar-refractivity contribution in [2.24, 2.45) is 0 Å². The summed E-state index contributed by atoms with van der Waals surface area (Å²) in [6, 6.07) is 1.63. The van der Waals surface area contributed by atoms with Crippen molar-refractivity contribution in [3.63, 3.8) is 0 Å². The Balaban J connectivity index is 2.42. The fourth-order valence-electron chi connectivity index (χ4n) is 1.54. The molecule has 0 radical (unpaired) electrons. The molecule has 6 heteroatoms. The fraction of sp³-hybridized carbons (Fsp3) is 0.400. The van der Waals surface area contributed by atoms with Gasteiger partial charge in [0.25, 0.3) is 0 Å². The Morgan fingerprint density at radius 1 is 1.69 bits per heavy atom. The lowest BCUT2D eigenvalue weighted by Crippen LogP contribution is -2.07. The van der Waals surface area contributed by atoms with Crippen LogP contribution in [0.3, 0.4) is 0 Å². The van der Waals surface area contributed by atoms with Crippen LogP contribution in [-0.4, -0.2) is 27.5 Å². The molecule has 2 heterocycles. The van der Waals surface area contributed by atoms with Crippen molar-refractivity contribution in [1.29, 1.82) is 0 Å². The van der Waals surface area contributed by atoms with Gasteiger partial charge in [0, 0.05) is 5.75 Å². The van der Waals surface area contributed by atoms with E-state index >= 15 is 0 Å². The number of aryl methyl sites for hydroxylation is 1. The summed E-state index contributed by atoms with van der Waals surface area (Å²) in [6.45, 7) is 2.01. The summed E-state index contributed by atoms with van der Waals surface area (Å²) in [4.78, 5) is 15.5. The van der Waals surface area contributed by atoms with E-state index in [2.05, 4.69) is 4.98 Å². The maximum atomic E-state index is 11.5. The first-order valence-electron chi connectivity index (χ1n) is 4.88. The third kappa shape index (κ3) is 1.97. The molecule has 2 rings (SSSR count). The monoisotopic (exact) mass is 259 g/mol. The van der Waals surface area contributed by atoms with Crippen LogP contribution in [0.1, 0.15) is 22.8 Å². The molecule has 0 spiro atoms. The Morgan fingerprint density at radius 3 is 3.12 bits per heavy atom. The van der Waals surface area contributed by atoms with Crippen LogP contribution >= 0.6 is 11.6 Å². The van der Waals surface area contributed by atoms with Gasteiger partial charge in [0.15, 0.2) is 0 Å². The highest BCUT2D eigenvalue weighted by Gasteiger charge is 2.24. The van der Waals surface area contributed by atoms with Crippen LogP contribution in [0.4, 0.5) is 0 Å². The van der Waals surface area contributed by atoms with Crippen LogP contribution in [0.5, 0.6) is 0 Å². The minimum atomic E-state index is -1.08. The first kappa shape index (κ1) is 11.5. The molecule has 0 aromatic carbocycles. The maximum absolute atomic E-state index is 11.5. The molecule has 1 aromatic heterocycles. The number of aromatic nitrogens is 1. The van der Waals surface area contributed by atoms with E-state index in [1.54, 1.807) is 13.0 Å². The van der Waals surface area contributed by atoms with Gasteiger partial charge in [-0.3, -0.25) is 4.21 Å². The summed E-state index contributed by atoms with van der Waals surface area (Å²) >= 11 is 5.86. The Bertz CT molecular complexity index is 475. The summed E-state index contributed by atoms with van der Waals surface area (Å²) in [7, 11) is -1.08. The molecule has 0 amide bonds. The number of carbonyl (C=O) groups is 1. The lowest BCUT2D eigenvalue weighted by atomic mass is 10.2. The predicted octanol–water partition coefficient (Wildman–Crippen LogP) is 1.58. The van der Waals surface area contributed by atoms with Gasteiger partial charge in [-0.25, -0.2) is 9.78 Å². The molecule has 0 N–H and O–H groups in total. The first-order valence-corrected chi connectivity index (χ1v) is 6.58. The van der Waals surface area contributed by atoms with E-state index in [1.165, 1.54) is 0 Å². The molecule has 4 nitrogen and oxygen atoms in total. The molecular formula is C10H10ClNO3S. The normalized spacial score (nSPS) is 18.2. The average molecular weight is 260 g/mol. The largest absolute Gasteiger partial charge is 0.462 e. The minimum Gasteiger partial charge on any atom is -0.462 e. The molecule has 1 aromatic rings. The van der Waals surface area contributed by atoms with E-state index in [1.807, 2.05) is 0 Å². The standard InChI is InChI=1S/C10H10ClNO3S/c1-2-15-10(13)7-5-6-3-4-16(14)9(6)12-8(7)11/h5H,2-4H2,1H3. The summed E-state index contributed by atoms with van der Waals surface area (Å²) in [5.41, 5.74) is 1.08. The summed E-state index contributed by atoms with van der Waals surface area (Å²) < 4.78 is 16.4. The van der Waals surface area contributed by atoms with Gasteiger partial charge in [0.2, 0.25) is 0 Å². The van der Waals surface area contributed by atoms with E-state index in [0.29, 0.717) is 17.2 Å². The summed E-state index contributed by atoms with van der Waals surface area (Å²) in [5.74, 6) is 0.0609. The van der Waals surface area contributed by atoms with Crippen LogP contribution in [-0.2, 0) is 22.0 Å². The number of ether oxygens (including phenoxy) is 1. The molecule has 1 atom stereocenters. The van der Waals surface area contributed by atoms with Crippen LogP contribution in [0, 0.1) is 0 Å². The second-order valence-corrected chi connectivity index (χ2v) is 5.16. The minimum absolute atomic E-state index is 0.0625. The lowest BCUT2D eigenvalue weighted by Gasteiger charge is -2.05. The topological polar surface area (TPSA) is 56.3 Å². The molecule has 1 aliphatic rings. The van der Waals surface area contributed by atoms with Gasteiger partial charge < -0.3 is 4.74 Å². The highest BCUT2D eigenvalue weighted by molar-refractivity contribution is 7.85. The number of rotatable bonds is 2. The Morgan fingerprint density at radius 2 is 2.44 bits per heavy atom. The molecule has 86 valence electrons. The quantitative estimate of drug-likeness (QED) is 0.598. The third-order valence-electron chi connectivity index (χ3n) is 2.28. The van der Waals surface area contributed by atoms with Crippen LogP contribution in [0.2, 0.25) is 5.15 Å². The SMILES string of the molecule is CCOC(=O)c1cc2c(nc1Cl)S(=O)CC2. The van der Waals surface area contributed by atoms with Gasteiger partial charge in [-0.05, 0) is 25.0 Å². The summed E-state index contributed by atoms with van der Waals surface area (Å²) in [5, 5.41) is 0.561. The van der Waals surface area contributed by atoms with Gasteiger partial charge in [-0.15, -0.1) is 0 Å². The van der Waals surface area contributed by atoms with Crippen molar-refractivity contribution in [3.8, 4) is 0 Å². The van der Waals surface area contributed by atoms with E-state index in [9.17, 15) is 9.00 Å². The predicted molar refractivity (Wildman–Crippen MR) is 60.2 cm³/mol. The van der Waals surface area contributed by atoms with Gasteiger partial charge >= 0.3 is 5.97 Å². The molecule has 1 unspecified atom stereocenters. The van der Waals surface area contributed by atoms with Crippen molar-refractivity contribution >= 4 is 28.4 Å². The zero-order chi connectivity index (χ0) is 11.7. The van der Waals surface area contributed by atoms with Gasteiger partial charge in [0.05, 0.1) is 23.0 Å². The van der Waals surface area contributed by atoms with Crippen molar-refractivity contribution in [2.45, 2.75) is 18.4 Å². The van der Waals surface area contributed by atoms with Gasteiger partial charge in [0.1, 0.15) is 10.2 Å². The Hall–Kier alpha value is -0.940. The van der Waals surface area contributed by atoms with Crippen molar-refractivity contribution in [2.75, 3.05) is 12.4 Å². The molecule has 16 heavy (non-hydrogen) atoms. The molecule has 0 fully saturated rings. The molecule has 0 saturated carbocycles. The Labute approximate surface area is 100 Å². The zero-order valence-corrected chi connectivity index (χ0v) is 10.2. The summed E-state index contributed by atoms with van der Waals surface area (Å²) in [6.07, 6.45) is 0.665. The zero-order valence-electron chi connectivity index (χ0n) is 8.66. The fourth-order valence-corrected chi connectivity index (χ4v) is 3.06. The number of nitrogens with zero attached hydrogens (tertiary/aromatic N) is 1. The van der Waals surface area contributed by atoms with E-state index in [0.717, 1.165) is 5.56 Å². The molecule has 0 aliphatic carbocycles. The first-order chi connectivity index (χ1) is 7.63. The van der Waals surface area contributed by atoms with Crippen molar-refractivity contribution < 1.29 is 13.7 Å². The lowest BCUT2D eigenvalue weighted by molar-refractivity contribution is 0.0526. The number of esters is 1. The molecule has 0 bridgehead atoms. The maximum Gasteiger partial charge on any atom is 0.341 e. The number of fused-ring (bicyclic) bond motifs is 1. The van der Waals surface area contributed by atoms with Crippen molar-refractivity contribution in [1.82, 2.24) is 4.98 Å². The second kappa shape index (κ2) is 4.51. The number of hydrogen-bond donors (Lipinski definition) is 0. The number of carbonyl (C=O) groups excluding carboxylic acids is 1. The van der Waals surface area contributed by atoms with E-state index < -0.39 is 16.8 Å². The average Bonchev–Trinajstić information content (AvgIpc) is 2.59. The number of pyridine rings is 1. The molecule has 0 saturated heterocycles. The second-order valence-electron chi connectivity index (χ2n) is 3.31.